The van der Waals surface area contributed by atoms with Gasteiger partial charge in [-0.05, 0) is 79.3 Å². The fourth-order valence-corrected chi connectivity index (χ4v) is 7.71. The summed E-state index contributed by atoms with van der Waals surface area (Å²) in [4.78, 5) is 27.2. The van der Waals surface area contributed by atoms with Gasteiger partial charge in [-0.1, -0.05) is 35.3 Å². The van der Waals surface area contributed by atoms with Crippen LogP contribution in [0.2, 0.25) is 10.0 Å². The first-order valence-electron chi connectivity index (χ1n) is 19.6. The molecule has 4 rings (SSSR count). The van der Waals surface area contributed by atoms with Gasteiger partial charge in [-0.15, -0.1) is 0 Å². The molecule has 0 saturated heterocycles. The molecule has 0 aromatic heterocycles. The number of carbonyl (C=O) groups is 2. The van der Waals surface area contributed by atoms with Gasteiger partial charge in [-0.2, -0.15) is 0 Å². The van der Waals surface area contributed by atoms with E-state index in [1.807, 2.05) is 26.2 Å². The molecule has 0 spiro atoms. The molecule has 3 aromatic carbocycles. The van der Waals surface area contributed by atoms with Crippen LogP contribution in [0, 0.1) is 0 Å². The van der Waals surface area contributed by atoms with Crippen molar-refractivity contribution in [1.29, 1.82) is 0 Å². The van der Waals surface area contributed by atoms with E-state index < -0.39 is 10.0 Å². The van der Waals surface area contributed by atoms with Crippen molar-refractivity contribution in [3.05, 3.63) is 98.5 Å². The van der Waals surface area contributed by atoms with Gasteiger partial charge >= 0.3 is 0 Å². The average molecular weight is 883 g/mol. The first-order chi connectivity index (χ1) is 28.6. The Balaban J connectivity index is 0.987. The molecule has 0 bridgehead atoms. The number of sulfonamides is 1. The van der Waals surface area contributed by atoms with Gasteiger partial charge in [0.1, 0.15) is 0 Å². The molecule has 3 aromatic rings. The monoisotopic (exact) mass is 881 g/mol. The molecule has 59 heavy (non-hydrogen) atoms. The van der Waals surface area contributed by atoms with E-state index >= 15 is 0 Å². The average Bonchev–Trinajstić information content (AvgIpc) is 3.23. The number of carbonyl (C=O) groups excluding carboxylic acids is 2. The second-order valence-electron chi connectivity index (χ2n) is 13.5. The first-order valence-corrected chi connectivity index (χ1v) is 21.9. The summed E-state index contributed by atoms with van der Waals surface area (Å²) >= 11 is 12.8. The van der Waals surface area contributed by atoms with Crippen LogP contribution in [0.25, 0.3) is 0 Å². The number of hydrogen-bond acceptors (Lipinski definition) is 12. The van der Waals surface area contributed by atoms with E-state index in [0.29, 0.717) is 113 Å². The molecule has 4 N–H and O–H groups in total. The quantitative estimate of drug-likeness (QED) is 0.0751. The van der Waals surface area contributed by atoms with E-state index in [4.69, 9.17) is 51.6 Å². The zero-order chi connectivity index (χ0) is 42.3. The number of nitrogens with zero attached hydrogens (tertiary/aromatic N) is 1. The molecule has 1 heterocycles. The summed E-state index contributed by atoms with van der Waals surface area (Å²) in [7, 11) is 0.105. The fraction of sp³-hybridized carbons (Fsp3) is 0.512. The largest absolute Gasteiger partial charge is 0.378 e. The second-order valence-corrected chi connectivity index (χ2v) is 16.2. The lowest BCUT2D eigenvalue weighted by Crippen LogP contribution is -2.31. The summed E-state index contributed by atoms with van der Waals surface area (Å²) in [6.45, 7) is 7.57. The Morgan fingerprint density at radius 1 is 0.678 bits per heavy atom. The van der Waals surface area contributed by atoms with Crippen LogP contribution in [0.15, 0.2) is 65.6 Å². The zero-order valence-electron chi connectivity index (χ0n) is 33.8. The Morgan fingerprint density at radius 3 is 1.69 bits per heavy atom. The third-order valence-electron chi connectivity index (χ3n) is 9.06. The summed E-state index contributed by atoms with van der Waals surface area (Å²) in [5, 5.41) is 9.72. The molecule has 1 aliphatic rings. The highest BCUT2D eigenvalue weighted by Gasteiger charge is 2.28. The summed E-state index contributed by atoms with van der Waals surface area (Å²) in [6, 6.07) is 17.0. The van der Waals surface area contributed by atoms with E-state index in [9.17, 15) is 18.0 Å². The van der Waals surface area contributed by atoms with Gasteiger partial charge in [0.15, 0.2) is 0 Å². The molecule has 0 radical (unpaired) electrons. The van der Waals surface area contributed by atoms with Gasteiger partial charge in [-0.3, -0.25) is 9.59 Å². The Kier molecular flexibility index (Phi) is 22.1. The number of nitrogens with one attached hydrogen (secondary N) is 4. The standard InChI is InChI=1S/C41H57Cl2N5O10S/c1-44-10-14-53-18-22-57-23-19-54-15-11-45-40(49)31-6-8-32(9-7-31)41(50)46-12-16-55-20-24-58-25-21-56-17-13-47-59(51,52)35-5-3-4-33(26-35)37-29-48(2)30-38-36(37)27-34(42)28-39(38)43/h3-9,26-28,37,44,47H,10-25,29-30H2,1-2H3,(H,45,49)(H,46,50). The normalized spacial score (nSPS) is 14.3. The minimum atomic E-state index is -3.77. The van der Waals surface area contributed by atoms with Crippen LogP contribution < -0.4 is 20.7 Å². The summed E-state index contributed by atoms with van der Waals surface area (Å²) in [5.41, 5.74) is 3.73. The Labute approximate surface area is 357 Å². The molecule has 326 valence electrons. The van der Waals surface area contributed by atoms with Gasteiger partial charge in [0, 0.05) is 66.4 Å². The van der Waals surface area contributed by atoms with Gasteiger partial charge in [0.2, 0.25) is 10.0 Å². The van der Waals surface area contributed by atoms with Crippen LogP contribution in [-0.2, 0) is 45.0 Å². The molecule has 0 fully saturated rings. The molecule has 1 aliphatic heterocycles. The highest BCUT2D eigenvalue weighted by molar-refractivity contribution is 7.89. The van der Waals surface area contributed by atoms with Crippen molar-refractivity contribution in [3.8, 4) is 0 Å². The molecule has 15 nitrogen and oxygen atoms in total. The molecule has 1 atom stereocenters. The predicted molar refractivity (Wildman–Crippen MR) is 226 cm³/mol. The Hall–Kier alpha value is -3.23. The minimum absolute atomic E-state index is 0.0813. The van der Waals surface area contributed by atoms with Crippen LogP contribution in [0.5, 0.6) is 0 Å². The van der Waals surface area contributed by atoms with Gasteiger partial charge < -0.3 is 49.3 Å². The number of ether oxygens (including phenoxy) is 6. The highest BCUT2D eigenvalue weighted by atomic mass is 35.5. The maximum Gasteiger partial charge on any atom is 0.251 e. The maximum atomic E-state index is 13.1. The lowest BCUT2D eigenvalue weighted by molar-refractivity contribution is 0.0159. The molecule has 1 unspecified atom stereocenters. The predicted octanol–water partition coefficient (Wildman–Crippen LogP) is 3.33. The third-order valence-corrected chi connectivity index (χ3v) is 11.1. The molecule has 0 aliphatic carbocycles. The fourth-order valence-electron chi connectivity index (χ4n) is 6.07. The summed E-state index contributed by atoms with van der Waals surface area (Å²) < 4.78 is 61.6. The van der Waals surface area contributed by atoms with Crippen molar-refractivity contribution < 1.29 is 46.4 Å². The van der Waals surface area contributed by atoms with Crippen molar-refractivity contribution in [2.75, 3.05) is 126 Å². The minimum Gasteiger partial charge on any atom is -0.378 e. The zero-order valence-corrected chi connectivity index (χ0v) is 36.1. The van der Waals surface area contributed by atoms with Crippen LogP contribution in [-0.4, -0.2) is 151 Å². The lowest BCUT2D eigenvalue weighted by atomic mass is 9.85. The van der Waals surface area contributed by atoms with Crippen molar-refractivity contribution in [1.82, 2.24) is 25.6 Å². The van der Waals surface area contributed by atoms with Crippen molar-refractivity contribution in [3.63, 3.8) is 0 Å². The summed E-state index contributed by atoms with van der Waals surface area (Å²) in [6.07, 6.45) is 0. The number of hydrogen-bond donors (Lipinski definition) is 4. The van der Waals surface area contributed by atoms with Crippen LogP contribution >= 0.6 is 23.2 Å². The Morgan fingerprint density at radius 2 is 1.17 bits per heavy atom. The Bertz CT molecular complexity index is 1840. The highest BCUT2D eigenvalue weighted by Crippen LogP contribution is 2.38. The van der Waals surface area contributed by atoms with Crippen LogP contribution in [0.1, 0.15) is 43.3 Å². The van der Waals surface area contributed by atoms with Gasteiger partial charge in [0.05, 0.1) is 84.2 Å². The van der Waals surface area contributed by atoms with Gasteiger partial charge in [-0.25, -0.2) is 13.1 Å². The molecule has 18 heteroatoms. The maximum absolute atomic E-state index is 13.1. The molecule has 2 amide bonds. The molecular weight excluding hydrogens is 825 g/mol. The molecular formula is C41H57Cl2N5O10S. The lowest BCUT2D eigenvalue weighted by Gasteiger charge is -2.33. The van der Waals surface area contributed by atoms with E-state index in [1.165, 1.54) is 0 Å². The number of halogens is 2. The number of likely N-dealkylation sites (N-methyl/N-ethyl adjacent to an activating group) is 2. The van der Waals surface area contributed by atoms with Crippen LogP contribution in [0.4, 0.5) is 0 Å². The number of rotatable bonds is 29. The summed E-state index contributed by atoms with van der Waals surface area (Å²) in [5.74, 6) is -0.616. The number of fused-ring (bicyclic) bond motifs is 1. The van der Waals surface area contributed by atoms with E-state index in [-0.39, 0.29) is 42.4 Å². The van der Waals surface area contributed by atoms with E-state index in [1.54, 1.807) is 48.5 Å². The van der Waals surface area contributed by atoms with E-state index in [2.05, 4.69) is 25.6 Å². The number of benzene rings is 3. The topological polar surface area (TPSA) is 175 Å². The SMILES string of the molecule is CNCCOCCOCCOCCNC(=O)c1ccc(C(=O)NCCOCCOCCOCCNS(=O)(=O)c2cccc(C3CN(C)Cc4c(Cl)cc(Cl)cc43)c2)cc1. The third kappa shape index (κ3) is 17.3. The van der Waals surface area contributed by atoms with Crippen molar-refractivity contribution in [2.24, 2.45) is 0 Å². The van der Waals surface area contributed by atoms with Gasteiger partial charge in [0.25, 0.3) is 11.8 Å². The second kappa shape index (κ2) is 26.9. The van der Waals surface area contributed by atoms with Crippen molar-refractivity contribution in [2.45, 2.75) is 17.4 Å². The van der Waals surface area contributed by atoms with Crippen LogP contribution in [0.3, 0.4) is 0 Å². The number of amides is 2. The molecule has 0 saturated carbocycles. The van der Waals surface area contributed by atoms with E-state index in [0.717, 1.165) is 23.2 Å². The smallest absolute Gasteiger partial charge is 0.251 e. The first kappa shape index (κ1) is 48.4. The van der Waals surface area contributed by atoms with Crippen molar-refractivity contribution >= 4 is 45.0 Å².